The molecule has 3 heterocycles. The van der Waals surface area contributed by atoms with E-state index in [4.69, 9.17) is 14.3 Å². The van der Waals surface area contributed by atoms with Crippen molar-refractivity contribution in [2.75, 3.05) is 19.7 Å². The van der Waals surface area contributed by atoms with Crippen molar-refractivity contribution in [3.8, 4) is 0 Å². The molecule has 3 rings (SSSR count). The average molecular weight is 293 g/mol. The summed E-state index contributed by atoms with van der Waals surface area (Å²) in [7, 11) is 0. The van der Waals surface area contributed by atoms with Crippen LogP contribution in [-0.2, 0) is 11.3 Å². The first kappa shape index (κ1) is 13.4. The van der Waals surface area contributed by atoms with Crippen LogP contribution in [0, 0.1) is 0 Å². The molecule has 0 amide bonds. The number of ether oxygens (including phenoxy) is 1. The van der Waals surface area contributed by atoms with E-state index < -0.39 is 5.97 Å². The number of rotatable bonds is 4. The van der Waals surface area contributed by atoms with Gasteiger partial charge in [-0.1, -0.05) is 6.07 Å². The van der Waals surface area contributed by atoms with Gasteiger partial charge in [0.1, 0.15) is 18.1 Å². The molecule has 0 radical (unpaired) electrons. The summed E-state index contributed by atoms with van der Waals surface area (Å²) in [6, 6.07) is 5.68. The van der Waals surface area contributed by atoms with Crippen LogP contribution in [-0.4, -0.2) is 35.7 Å². The van der Waals surface area contributed by atoms with Gasteiger partial charge in [-0.15, -0.1) is 11.3 Å². The van der Waals surface area contributed by atoms with Crippen molar-refractivity contribution in [1.29, 1.82) is 0 Å². The van der Waals surface area contributed by atoms with E-state index in [-0.39, 0.29) is 11.7 Å². The number of carboxylic acid groups (broad SMARTS) is 1. The Labute approximate surface area is 120 Å². The SMILES string of the molecule is O=C(O)c1coc(CN2CCOC(c3cccs3)C2)c1. The molecule has 1 aliphatic heterocycles. The maximum Gasteiger partial charge on any atom is 0.338 e. The third-order valence-corrected chi connectivity index (χ3v) is 4.26. The maximum atomic E-state index is 10.8. The summed E-state index contributed by atoms with van der Waals surface area (Å²) in [5, 5.41) is 10.9. The molecule has 1 atom stereocenters. The zero-order valence-corrected chi connectivity index (χ0v) is 11.6. The van der Waals surface area contributed by atoms with Crippen molar-refractivity contribution < 1.29 is 19.1 Å². The average Bonchev–Trinajstić information content (AvgIpc) is 3.10. The van der Waals surface area contributed by atoms with Crippen LogP contribution in [0.3, 0.4) is 0 Å². The molecular weight excluding hydrogens is 278 g/mol. The molecule has 106 valence electrons. The van der Waals surface area contributed by atoms with E-state index in [1.165, 1.54) is 11.1 Å². The van der Waals surface area contributed by atoms with Crippen molar-refractivity contribution in [2.45, 2.75) is 12.6 Å². The third kappa shape index (κ3) is 2.92. The Kier molecular flexibility index (Phi) is 3.86. The van der Waals surface area contributed by atoms with E-state index in [0.717, 1.165) is 13.1 Å². The van der Waals surface area contributed by atoms with Crippen LogP contribution in [0.2, 0.25) is 0 Å². The predicted molar refractivity (Wildman–Crippen MR) is 74.0 cm³/mol. The highest BCUT2D eigenvalue weighted by Gasteiger charge is 2.23. The molecular formula is C14H15NO4S. The molecule has 20 heavy (non-hydrogen) atoms. The minimum Gasteiger partial charge on any atom is -0.478 e. The monoisotopic (exact) mass is 293 g/mol. The van der Waals surface area contributed by atoms with Crippen LogP contribution in [0.15, 0.2) is 34.3 Å². The molecule has 1 unspecified atom stereocenters. The summed E-state index contributed by atoms with van der Waals surface area (Å²) < 4.78 is 11.1. The lowest BCUT2D eigenvalue weighted by Gasteiger charge is -2.31. The van der Waals surface area contributed by atoms with E-state index >= 15 is 0 Å². The van der Waals surface area contributed by atoms with Gasteiger partial charge in [0.15, 0.2) is 0 Å². The standard InChI is InChI=1S/C14H15NO4S/c16-14(17)10-6-11(19-9-10)7-15-3-4-18-12(8-15)13-2-1-5-20-13/h1-2,5-6,9,12H,3-4,7-8H2,(H,16,17). The van der Waals surface area contributed by atoms with E-state index in [2.05, 4.69) is 11.0 Å². The van der Waals surface area contributed by atoms with Gasteiger partial charge in [0, 0.05) is 18.0 Å². The summed E-state index contributed by atoms with van der Waals surface area (Å²) in [4.78, 5) is 14.3. The topological polar surface area (TPSA) is 62.9 Å². The van der Waals surface area contributed by atoms with Crippen LogP contribution in [0.5, 0.6) is 0 Å². The van der Waals surface area contributed by atoms with Crippen molar-refractivity contribution in [2.24, 2.45) is 0 Å². The van der Waals surface area contributed by atoms with Gasteiger partial charge >= 0.3 is 5.97 Å². The Balaban J connectivity index is 1.63. The van der Waals surface area contributed by atoms with Gasteiger partial charge in [0.05, 0.1) is 18.7 Å². The predicted octanol–water partition coefficient (Wildman–Crippen LogP) is 2.61. The first-order valence-corrected chi connectivity index (χ1v) is 7.28. The lowest BCUT2D eigenvalue weighted by atomic mass is 10.2. The second kappa shape index (κ2) is 5.78. The van der Waals surface area contributed by atoms with E-state index in [9.17, 15) is 4.79 Å². The fourth-order valence-electron chi connectivity index (χ4n) is 2.29. The maximum absolute atomic E-state index is 10.8. The Morgan fingerprint density at radius 1 is 1.55 bits per heavy atom. The van der Waals surface area contributed by atoms with Crippen LogP contribution >= 0.6 is 11.3 Å². The number of carbonyl (C=O) groups is 1. The molecule has 2 aromatic rings. The summed E-state index contributed by atoms with van der Waals surface area (Å²) in [6.45, 7) is 2.90. The largest absolute Gasteiger partial charge is 0.478 e. The van der Waals surface area contributed by atoms with Crippen LogP contribution in [0.25, 0.3) is 0 Å². The molecule has 1 aliphatic rings. The molecule has 2 aromatic heterocycles. The minimum absolute atomic E-state index is 0.0951. The number of morpholine rings is 1. The number of aromatic carboxylic acids is 1. The Bertz CT molecular complexity index is 578. The number of nitrogens with zero attached hydrogens (tertiary/aromatic N) is 1. The Morgan fingerprint density at radius 3 is 3.15 bits per heavy atom. The molecule has 5 nitrogen and oxygen atoms in total. The second-order valence-corrected chi connectivity index (χ2v) is 5.70. The molecule has 1 N–H and O–H groups in total. The number of hydrogen-bond donors (Lipinski definition) is 1. The van der Waals surface area contributed by atoms with Crippen LogP contribution < -0.4 is 0 Å². The van der Waals surface area contributed by atoms with Crippen LogP contribution in [0.1, 0.15) is 27.1 Å². The molecule has 0 aromatic carbocycles. The zero-order valence-electron chi connectivity index (χ0n) is 10.8. The molecule has 0 aliphatic carbocycles. The van der Waals surface area contributed by atoms with Crippen LogP contribution in [0.4, 0.5) is 0 Å². The fraction of sp³-hybridized carbons (Fsp3) is 0.357. The summed E-state index contributed by atoms with van der Waals surface area (Å²) in [5.41, 5.74) is 0.197. The van der Waals surface area contributed by atoms with Crippen molar-refractivity contribution >= 4 is 17.3 Å². The highest BCUT2D eigenvalue weighted by molar-refractivity contribution is 7.10. The Morgan fingerprint density at radius 2 is 2.45 bits per heavy atom. The quantitative estimate of drug-likeness (QED) is 0.939. The number of hydrogen-bond acceptors (Lipinski definition) is 5. The second-order valence-electron chi connectivity index (χ2n) is 4.72. The van der Waals surface area contributed by atoms with Crippen molar-refractivity contribution in [3.63, 3.8) is 0 Å². The highest BCUT2D eigenvalue weighted by atomic mass is 32.1. The van der Waals surface area contributed by atoms with E-state index in [0.29, 0.717) is 18.9 Å². The van der Waals surface area contributed by atoms with E-state index in [1.54, 1.807) is 17.4 Å². The molecule has 6 heteroatoms. The number of furan rings is 1. The first-order valence-electron chi connectivity index (χ1n) is 6.40. The van der Waals surface area contributed by atoms with Gasteiger partial charge in [-0.25, -0.2) is 4.79 Å². The van der Waals surface area contributed by atoms with Gasteiger partial charge in [0.25, 0.3) is 0 Å². The van der Waals surface area contributed by atoms with Crippen molar-refractivity contribution in [1.82, 2.24) is 4.90 Å². The van der Waals surface area contributed by atoms with Gasteiger partial charge in [-0.3, -0.25) is 4.90 Å². The number of carboxylic acids is 1. The first-order chi connectivity index (χ1) is 9.72. The third-order valence-electron chi connectivity index (χ3n) is 3.29. The van der Waals surface area contributed by atoms with Crippen molar-refractivity contribution in [3.05, 3.63) is 46.0 Å². The highest BCUT2D eigenvalue weighted by Crippen LogP contribution is 2.26. The molecule has 0 bridgehead atoms. The minimum atomic E-state index is -0.960. The summed E-state index contributed by atoms with van der Waals surface area (Å²) in [6.07, 6.45) is 1.38. The summed E-state index contributed by atoms with van der Waals surface area (Å²) >= 11 is 1.69. The van der Waals surface area contributed by atoms with E-state index in [1.807, 2.05) is 11.4 Å². The van der Waals surface area contributed by atoms with Gasteiger partial charge in [-0.2, -0.15) is 0 Å². The summed E-state index contributed by atoms with van der Waals surface area (Å²) in [5.74, 6) is -0.285. The smallest absolute Gasteiger partial charge is 0.338 e. The molecule has 1 fully saturated rings. The fourth-order valence-corrected chi connectivity index (χ4v) is 3.05. The lowest BCUT2D eigenvalue weighted by Crippen LogP contribution is -2.37. The van der Waals surface area contributed by atoms with Gasteiger partial charge in [0.2, 0.25) is 0 Å². The number of thiophene rings is 1. The Hall–Kier alpha value is -1.63. The normalized spacial score (nSPS) is 20.1. The van der Waals surface area contributed by atoms with Gasteiger partial charge < -0.3 is 14.3 Å². The molecule has 0 saturated carbocycles. The molecule has 0 spiro atoms. The zero-order chi connectivity index (χ0) is 13.9. The van der Waals surface area contributed by atoms with Gasteiger partial charge in [-0.05, 0) is 17.5 Å². The lowest BCUT2D eigenvalue weighted by molar-refractivity contribution is -0.0329. The molecule has 1 saturated heterocycles.